The van der Waals surface area contributed by atoms with Crippen molar-refractivity contribution >= 4 is 41.0 Å². The van der Waals surface area contributed by atoms with Gasteiger partial charge in [-0.25, -0.2) is 9.69 Å². The molecular weight excluding hydrogens is 424 g/mol. The van der Waals surface area contributed by atoms with Gasteiger partial charge in [-0.05, 0) is 55.3 Å². The molecule has 1 heterocycles. The first-order valence-corrected chi connectivity index (χ1v) is 9.93. The highest BCUT2D eigenvalue weighted by Crippen LogP contribution is 2.26. The van der Waals surface area contributed by atoms with Gasteiger partial charge in [0.25, 0.3) is 11.8 Å². The molecule has 0 bridgehead atoms. The van der Waals surface area contributed by atoms with Gasteiger partial charge in [0.15, 0.2) is 17.9 Å². The molecular formula is C22H21ClN2O6. The molecule has 0 spiro atoms. The average Bonchev–Trinajstić information content (AvgIpc) is 3.04. The number of aryl methyl sites for hydroxylation is 1. The quantitative estimate of drug-likeness (QED) is 0.517. The highest BCUT2D eigenvalue weighted by Gasteiger charge is 2.49. The van der Waals surface area contributed by atoms with Gasteiger partial charge in [-0.1, -0.05) is 24.6 Å². The molecule has 1 N–H and O–H groups in total. The molecule has 0 saturated carbocycles. The Morgan fingerprint density at radius 2 is 1.87 bits per heavy atom. The van der Waals surface area contributed by atoms with Crippen molar-refractivity contribution in [2.75, 3.05) is 12.4 Å². The molecule has 2 aromatic carbocycles. The lowest BCUT2D eigenvalue weighted by molar-refractivity contribution is -0.134. The summed E-state index contributed by atoms with van der Waals surface area (Å²) in [5.41, 5.74) is 1.20. The molecule has 1 fully saturated rings. The summed E-state index contributed by atoms with van der Waals surface area (Å²) in [7, 11) is 1.47. The number of Topliss-reactive ketones (excluding diaryl/α,β-unsaturated/α-hetero) is 1. The first-order chi connectivity index (χ1) is 14.8. The largest absolute Gasteiger partial charge is 0.497 e. The van der Waals surface area contributed by atoms with Crippen molar-refractivity contribution in [2.45, 2.75) is 32.4 Å². The number of benzene rings is 2. The summed E-state index contributed by atoms with van der Waals surface area (Å²) in [5, 5.41) is 2.80. The number of ether oxygens (including phenoxy) is 2. The Hall–Kier alpha value is -3.39. The van der Waals surface area contributed by atoms with Crippen LogP contribution in [0, 0.1) is 6.92 Å². The molecule has 2 unspecified atom stereocenters. The van der Waals surface area contributed by atoms with Crippen molar-refractivity contribution in [1.29, 1.82) is 0 Å². The molecule has 0 radical (unpaired) electrons. The van der Waals surface area contributed by atoms with Crippen molar-refractivity contribution in [2.24, 2.45) is 0 Å². The maximum atomic E-state index is 13.3. The fourth-order valence-corrected chi connectivity index (χ4v) is 3.33. The van der Waals surface area contributed by atoms with Crippen LogP contribution in [0.2, 0.25) is 5.02 Å². The van der Waals surface area contributed by atoms with E-state index >= 15 is 0 Å². The molecule has 0 aromatic heterocycles. The monoisotopic (exact) mass is 444 g/mol. The average molecular weight is 445 g/mol. The second kappa shape index (κ2) is 9.18. The number of nitrogens with one attached hydrogen (secondary N) is 1. The van der Waals surface area contributed by atoms with Gasteiger partial charge in [-0.15, -0.1) is 0 Å². The minimum Gasteiger partial charge on any atom is -0.497 e. The summed E-state index contributed by atoms with van der Waals surface area (Å²) in [6, 6.07) is 9.18. The highest BCUT2D eigenvalue weighted by molar-refractivity contribution is 6.34. The lowest BCUT2D eigenvalue weighted by Gasteiger charge is -2.23. The van der Waals surface area contributed by atoms with Gasteiger partial charge in [0, 0.05) is 5.56 Å². The van der Waals surface area contributed by atoms with Gasteiger partial charge < -0.3 is 14.8 Å². The second-order valence-corrected chi connectivity index (χ2v) is 7.36. The molecule has 8 nitrogen and oxygen atoms in total. The second-order valence-electron chi connectivity index (χ2n) is 6.96. The van der Waals surface area contributed by atoms with Gasteiger partial charge in [0.2, 0.25) is 0 Å². The zero-order valence-electron chi connectivity index (χ0n) is 17.2. The van der Waals surface area contributed by atoms with Crippen LogP contribution in [0.25, 0.3) is 0 Å². The number of methoxy groups -OCH3 is 1. The normalized spacial score (nSPS) is 16.6. The molecule has 1 saturated heterocycles. The molecule has 2 atom stereocenters. The summed E-state index contributed by atoms with van der Waals surface area (Å²) in [6.07, 6.45) is -1.88. The molecule has 2 aromatic rings. The minimum absolute atomic E-state index is 0.122. The molecule has 31 heavy (non-hydrogen) atoms. The molecule has 1 aliphatic heterocycles. The van der Waals surface area contributed by atoms with Gasteiger partial charge in [0.05, 0.1) is 17.8 Å². The maximum absolute atomic E-state index is 13.3. The summed E-state index contributed by atoms with van der Waals surface area (Å²) < 4.78 is 10.1. The SMILES string of the molecule is CCC1OC(=O)N(C(C(=O)Nc2cc(C)ccc2Cl)C(=O)c2ccc(OC)cc2)C1=O. The third-order valence-corrected chi connectivity index (χ3v) is 5.16. The highest BCUT2D eigenvalue weighted by atomic mass is 35.5. The van der Waals surface area contributed by atoms with E-state index in [1.807, 2.05) is 0 Å². The number of carbonyl (C=O) groups excluding carboxylic acids is 4. The lowest BCUT2D eigenvalue weighted by atomic mass is 10.0. The lowest BCUT2D eigenvalue weighted by Crippen LogP contribution is -2.52. The van der Waals surface area contributed by atoms with Crippen LogP contribution in [0.5, 0.6) is 5.75 Å². The van der Waals surface area contributed by atoms with Gasteiger partial charge >= 0.3 is 6.09 Å². The Morgan fingerprint density at radius 3 is 2.45 bits per heavy atom. The van der Waals surface area contributed by atoms with E-state index in [0.717, 1.165) is 5.56 Å². The van der Waals surface area contributed by atoms with Crippen LogP contribution in [0.4, 0.5) is 10.5 Å². The fraction of sp³-hybridized carbons (Fsp3) is 0.273. The predicted octanol–water partition coefficient (Wildman–Crippen LogP) is 3.60. The molecule has 162 valence electrons. The number of ketones is 1. The van der Waals surface area contributed by atoms with E-state index in [1.54, 1.807) is 44.2 Å². The van der Waals surface area contributed by atoms with Crippen LogP contribution in [0.15, 0.2) is 42.5 Å². The number of carbonyl (C=O) groups is 4. The van der Waals surface area contributed by atoms with Crippen molar-refractivity contribution < 1.29 is 28.7 Å². The standard InChI is InChI=1S/C22H21ClN2O6/c1-4-17-21(28)25(22(29)31-17)18(19(26)13-6-8-14(30-3)9-7-13)20(27)24-16-11-12(2)5-10-15(16)23/h5-11,17-18H,4H2,1-3H3,(H,24,27). The number of hydrogen-bond donors (Lipinski definition) is 1. The number of imide groups is 1. The summed E-state index contributed by atoms with van der Waals surface area (Å²) >= 11 is 6.15. The van der Waals surface area contributed by atoms with Crippen LogP contribution < -0.4 is 10.1 Å². The number of rotatable bonds is 7. The number of anilines is 1. The summed E-state index contributed by atoms with van der Waals surface area (Å²) in [4.78, 5) is 52.1. The Labute approximate surface area is 184 Å². The smallest absolute Gasteiger partial charge is 0.418 e. The maximum Gasteiger partial charge on any atom is 0.418 e. The number of amides is 3. The number of nitrogens with zero attached hydrogens (tertiary/aromatic N) is 1. The first-order valence-electron chi connectivity index (χ1n) is 9.55. The third-order valence-electron chi connectivity index (χ3n) is 4.83. The van der Waals surface area contributed by atoms with E-state index in [9.17, 15) is 19.2 Å². The predicted molar refractivity (Wildman–Crippen MR) is 113 cm³/mol. The molecule has 3 amide bonds. The van der Waals surface area contributed by atoms with Crippen molar-refractivity contribution in [3.63, 3.8) is 0 Å². The first kappa shape index (κ1) is 22.3. The van der Waals surface area contributed by atoms with E-state index in [2.05, 4.69) is 5.32 Å². The van der Waals surface area contributed by atoms with Crippen molar-refractivity contribution in [1.82, 2.24) is 4.90 Å². The van der Waals surface area contributed by atoms with Crippen molar-refractivity contribution in [3.8, 4) is 5.75 Å². The van der Waals surface area contributed by atoms with E-state index in [4.69, 9.17) is 21.1 Å². The topological polar surface area (TPSA) is 102 Å². The van der Waals surface area contributed by atoms with Crippen LogP contribution in [-0.2, 0) is 14.3 Å². The van der Waals surface area contributed by atoms with E-state index in [0.29, 0.717) is 10.6 Å². The Balaban J connectivity index is 2.00. The van der Waals surface area contributed by atoms with E-state index in [-0.39, 0.29) is 22.7 Å². The van der Waals surface area contributed by atoms with Crippen LogP contribution >= 0.6 is 11.6 Å². The van der Waals surface area contributed by atoms with E-state index < -0.39 is 35.8 Å². The Bertz CT molecular complexity index is 1040. The van der Waals surface area contributed by atoms with Crippen LogP contribution in [-0.4, -0.2) is 47.8 Å². The van der Waals surface area contributed by atoms with Gasteiger partial charge in [-0.3, -0.25) is 14.4 Å². The van der Waals surface area contributed by atoms with Crippen LogP contribution in [0.3, 0.4) is 0 Å². The number of hydrogen-bond acceptors (Lipinski definition) is 6. The molecule has 1 aliphatic rings. The van der Waals surface area contributed by atoms with Crippen LogP contribution in [0.1, 0.15) is 29.3 Å². The fourth-order valence-electron chi connectivity index (χ4n) is 3.17. The van der Waals surface area contributed by atoms with Crippen molar-refractivity contribution in [3.05, 3.63) is 58.6 Å². The zero-order chi connectivity index (χ0) is 22.7. The van der Waals surface area contributed by atoms with Gasteiger partial charge in [0.1, 0.15) is 5.75 Å². The molecule has 3 rings (SSSR count). The minimum atomic E-state index is -1.76. The third kappa shape index (κ3) is 4.54. The number of cyclic esters (lactones) is 1. The summed E-state index contributed by atoms with van der Waals surface area (Å²) in [6.45, 7) is 3.46. The number of halogens is 1. The Morgan fingerprint density at radius 1 is 1.19 bits per heavy atom. The molecule has 9 heteroatoms. The molecule has 0 aliphatic carbocycles. The Kier molecular flexibility index (Phi) is 6.60. The summed E-state index contributed by atoms with van der Waals surface area (Å²) in [5.74, 6) is -1.86. The van der Waals surface area contributed by atoms with E-state index in [1.165, 1.54) is 19.2 Å². The van der Waals surface area contributed by atoms with Gasteiger partial charge in [-0.2, -0.15) is 0 Å². The zero-order valence-corrected chi connectivity index (χ0v) is 17.9.